The van der Waals surface area contributed by atoms with Crippen LogP contribution in [0.15, 0.2) is 15.2 Å². The predicted octanol–water partition coefficient (Wildman–Crippen LogP) is 4.48. The normalized spacial score (nSPS) is 19.3. The van der Waals surface area contributed by atoms with Gasteiger partial charge in [-0.25, -0.2) is 0 Å². The molecule has 1 aromatic heterocycles. The van der Waals surface area contributed by atoms with Crippen LogP contribution in [-0.2, 0) is 11.3 Å². The number of nitrogens with zero attached hydrogens (tertiary/aromatic N) is 1. The van der Waals surface area contributed by atoms with E-state index in [1.54, 1.807) is 11.3 Å². The molecule has 2 nitrogen and oxygen atoms in total. The first kappa shape index (κ1) is 15.2. The van der Waals surface area contributed by atoms with Crippen molar-refractivity contribution < 1.29 is 4.79 Å². The van der Waals surface area contributed by atoms with Gasteiger partial charge in [-0.15, -0.1) is 11.3 Å². The van der Waals surface area contributed by atoms with E-state index in [9.17, 15) is 4.79 Å². The third kappa shape index (κ3) is 4.40. The highest BCUT2D eigenvalue weighted by Gasteiger charge is 2.31. The summed E-state index contributed by atoms with van der Waals surface area (Å²) in [7, 11) is 2.13. The van der Waals surface area contributed by atoms with Gasteiger partial charge in [-0.05, 0) is 52.8 Å². The van der Waals surface area contributed by atoms with Gasteiger partial charge in [-0.1, -0.05) is 25.7 Å². The van der Waals surface area contributed by atoms with Crippen molar-refractivity contribution in [3.05, 3.63) is 20.8 Å². The lowest BCUT2D eigenvalue weighted by Gasteiger charge is -2.31. The lowest BCUT2D eigenvalue weighted by atomic mass is 9.81. The number of thiophene rings is 1. The lowest BCUT2D eigenvalue weighted by Crippen LogP contribution is -2.36. The molecular formula is C15H22BrNOS. The number of carbonyl (C=O) groups excluding carboxylic acids is 1. The van der Waals surface area contributed by atoms with Gasteiger partial charge >= 0.3 is 0 Å². The molecule has 0 spiro atoms. The first-order valence-corrected chi connectivity index (χ1v) is 8.69. The molecule has 1 aliphatic rings. The average Bonchev–Trinajstić information content (AvgIpc) is 2.65. The Morgan fingerprint density at radius 1 is 1.37 bits per heavy atom. The van der Waals surface area contributed by atoms with Crippen LogP contribution in [-0.4, -0.2) is 24.8 Å². The highest BCUT2D eigenvalue weighted by atomic mass is 79.9. The predicted molar refractivity (Wildman–Crippen MR) is 84.6 cm³/mol. The summed E-state index contributed by atoms with van der Waals surface area (Å²) in [5, 5.41) is 2.18. The molecule has 0 amide bonds. The van der Waals surface area contributed by atoms with Crippen molar-refractivity contribution in [1.82, 2.24) is 4.90 Å². The van der Waals surface area contributed by atoms with Gasteiger partial charge in [0.05, 0.1) is 3.79 Å². The topological polar surface area (TPSA) is 20.3 Å². The molecule has 1 heterocycles. The van der Waals surface area contributed by atoms with Crippen LogP contribution >= 0.6 is 27.3 Å². The summed E-state index contributed by atoms with van der Waals surface area (Å²) in [5.41, 5.74) is 1.23. The molecule has 0 saturated heterocycles. The van der Waals surface area contributed by atoms with E-state index in [4.69, 9.17) is 0 Å². The molecular weight excluding hydrogens is 322 g/mol. The van der Waals surface area contributed by atoms with Crippen molar-refractivity contribution in [2.24, 2.45) is 5.41 Å². The minimum absolute atomic E-state index is 0.0987. The van der Waals surface area contributed by atoms with Gasteiger partial charge in [0.25, 0.3) is 0 Å². The maximum absolute atomic E-state index is 11.6. The zero-order chi connectivity index (χ0) is 13.7. The molecule has 4 heteroatoms. The zero-order valence-electron chi connectivity index (χ0n) is 11.5. The van der Waals surface area contributed by atoms with Crippen molar-refractivity contribution in [2.75, 3.05) is 13.6 Å². The second-order valence-electron chi connectivity index (χ2n) is 5.83. The summed E-state index contributed by atoms with van der Waals surface area (Å²) >= 11 is 5.22. The van der Waals surface area contributed by atoms with E-state index in [1.807, 2.05) is 0 Å². The van der Waals surface area contributed by atoms with E-state index in [0.717, 1.165) is 25.9 Å². The molecule has 0 N–H and O–H groups in total. The summed E-state index contributed by atoms with van der Waals surface area (Å²) in [5.74, 6) is 0. The summed E-state index contributed by atoms with van der Waals surface area (Å²) in [4.78, 5) is 13.9. The molecule has 106 valence electrons. The SMILES string of the molecule is CN(Cc1csc(Br)c1)CC1(C=O)CCCCCC1. The molecule has 0 aromatic carbocycles. The van der Waals surface area contributed by atoms with Crippen molar-refractivity contribution in [3.8, 4) is 0 Å². The van der Waals surface area contributed by atoms with Crippen LogP contribution in [0.25, 0.3) is 0 Å². The Kier molecular flexibility index (Phi) is 5.60. The smallest absolute Gasteiger partial charge is 0.127 e. The molecule has 0 radical (unpaired) electrons. The van der Waals surface area contributed by atoms with Crippen molar-refractivity contribution in [3.63, 3.8) is 0 Å². The van der Waals surface area contributed by atoms with Crippen LogP contribution in [0.2, 0.25) is 0 Å². The summed E-state index contributed by atoms with van der Waals surface area (Å²) in [6.07, 6.45) is 8.35. The second-order valence-corrected chi connectivity index (χ2v) is 8.12. The zero-order valence-corrected chi connectivity index (χ0v) is 13.9. The summed E-state index contributed by atoms with van der Waals surface area (Å²) in [6, 6.07) is 2.17. The first-order chi connectivity index (χ1) is 9.13. The van der Waals surface area contributed by atoms with Crippen LogP contribution in [0.4, 0.5) is 0 Å². The molecule has 1 aliphatic carbocycles. The monoisotopic (exact) mass is 343 g/mol. The van der Waals surface area contributed by atoms with E-state index >= 15 is 0 Å². The van der Waals surface area contributed by atoms with Gasteiger partial charge in [0.15, 0.2) is 0 Å². The number of hydrogen-bond donors (Lipinski definition) is 0. The Balaban J connectivity index is 1.95. The Labute approximate surface area is 128 Å². The number of halogens is 1. The third-order valence-corrected chi connectivity index (χ3v) is 5.56. The van der Waals surface area contributed by atoms with E-state index in [2.05, 4.69) is 39.3 Å². The van der Waals surface area contributed by atoms with Gasteiger partial charge < -0.3 is 9.69 Å². The largest absolute Gasteiger partial charge is 0.303 e. The highest BCUT2D eigenvalue weighted by Crippen LogP contribution is 2.34. The highest BCUT2D eigenvalue weighted by molar-refractivity contribution is 9.11. The Morgan fingerprint density at radius 3 is 2.58 bits per heavy atom. The van der Waals surface area contributed by atoms with Gasteiger partial charge in [0.2, 0.25) is 0 Å². The fourth-order valence-corrected chi connectivity index (χ4v) is 4.28. The molecule has 0 atom stereocenters. The summed E-state index contributed by atoms with van der Waals surface area (Å²) < 4.78 is 1.18. The summed E-state index contributed by atoms with van der Waals surface area (Å²) in [6.45, 7) is 1.82. The van der Waals surface area contributed by atoms with Crippen LogP contribution in [0, 0.1) is 5.41 Å². The second kappa shape index (κ2) is 7.00. The fourth-order valence-electron chi connectivity index (χ4n) is 3.08. The van der Waals surface area contributed by atoms with Gasteiger partial charge in [0.1, 0.15) is 6.29 Å². The fraction of sp³-hybridized carbons (Fsp3) is 0.667. The Morgan fingerprint density at radius 2 is 2.05 bits per heavy atom. The Hall–Kier alpha value is -0.190. The first-order valence-electron chi connectivity index (χ1n) is 7.01. The van der Waals surface area contributed by atoms with Gasteiger partial charge in [-0.2, -0.15) is 0 Å². The standard InChI is InChI=1S/C15H22BrNOS/c1-17(9-13-8-14(16)19-10-13)11-15(12-18)6-4-2-3-5-7-15/h8,10,12H,2-7,9,11H2,1H3. The molecule has 0 bridgehead atoms. The maximum Gasteiger partial charge on any atom is 0.127 e. The maximum atomic E-state index is 11.6. The molecule has 0 unspecified atom stereocenters. The number of aldehydes is 1. The molecule has 1 aromatic rings. The number of hydrogen-bond acceptors (Lipinski definition) is 3. The van der Waals surface area contributed by atoms with E-state index < -0.39 is 0 Å². The van der Waals surface area contributed by atoms with Gasteiger partial charge in [-0.3, -0.25) is 0 Å². The van der Waals surface area contributed by atoms with Crippen molar-refractivity contribution in [1.29, 1.82) is 0 Å². The van der Waals surface area contributed by atoms with Crippen LogP contribution in [0.3, 0.4) is 0 Å². The van der Waals surface area contributed by atoms with Crippen molar-refractivity contribution >= 4 is 33.6 Å². The quantitative estimate of drug-likeness (QED) is 0.580. The number of rotatable bonds is 5. The lowest BCUT2D eigenvalue weighted by molar-refractivity contribution is -0.118. The third-order valence-electron chi connectivity index (χ3n) is 4.01. The molecule has 0 aliphatic heterocycles. The van der Waals surface area contributed by atoms with E-state index in [-0.39, 0.29) is 5.41 Å². The molecule has 19 heavy (non-hydrogen) atoms. The minimum atomic E-state index is -0.0987. The Bertz CT molecular complexity index is 410. The van der Waals surface area contributed by atoms with E-state index in [1.165, 1.54) is 41.3 Å². The minimum Gasteiger partial charge on any atom is -0.303 e. The number of carbonyl (C=O) groups is 1. The van der Waals surface area contributed by atoms with E-state index in [0.29, 0.717) is 0 Å². The van der Waals surface area contributed by atoms with Crippen LogP contribution in [0.5, 0.6) is 0 Å². The average molecular weight is 344 g/mol. The molecule has 1 fully saturated rings. The molecule has 1 saturated carbocycles. The van der Waals surface area contributed by atoms with Crippen molar-refractivity contribution in [2.45, 2.75) is 45.1 Å². The van der Waals surface area contributed by atoms with Crippen LogP contribution in [0.1, 0.15) is 44.1 Å². The van der Waals surface area contributed by atoms with Gasteiger partial charge in [0, 0.05) is 18.5 Å². The van der Waals surface area contributed by atoms with Crippen LogP contribution < -0.4 is 0 Å². The molecule has 2 rings (SSSR count).